The van der Waals surface area contributed by atoms with Gasteiger partial charge in [-0.25, -0.2) is 0 Å². The molecule has 1 saturated heterocycles. The van der Waals surface area contributed by atoms with Gasteiger partial charge in [0.25, 0.3) is 0 Å². The maximum absolute atomic E-state index is 10.3. The van der Waals surface area contributed by atoms with E-state index in [-0.39, 0.29) is 12.2 Å². The van der Waals surface area contributed by atoms with E-state index < -0.39 is 5.79 Å². The van der Waals surface area contributed by atoms with Crippen molar-refractivity contribution in [3.05, 3.63) is 54.1 Å². The lowest BCUT2D eigenvalue weighted by atomic mass is 10.0. The summed E-state index contributed by atoms with van der Waals surface area (Å²) in [6.07, 6.45) is 9.89. The molecule has 0 aromatic heterocycles. The summed E-state index contributed by atoms with van der Waals surface area (Å²) < 4.78 is 11.8. The Morgan fingerprint density at radius 3 is 2.71 bits per heavy atom. The lowest BCUT2D eigenvalue weighted by Crippen LogP contribution is -2.43. The summed E-state index contributed by atoms with van der Waals surface area (Å²) in [6.45, 7) is 3.85. The maximum atomic E-state index is 10.3. The number of benzene rings is 1. The molecule has 0 spiro atoms. The number of ether oxygens (including phenoxy) is 2. The summed E-state index contributed by atoms with van der Waals surface area (Å²) in [5, 5.41) is 0. The third-order valence-corrected chi connectivity index (χ3v) is 3.30. The number of carbonyl (C=O) groups excluding carboxylic acids is 1. The Morgan fingerprint density at radius 2 is 2.00 bits per heavy atom. The first-order chi connectivity index (χ1) is 10.1. The molecule has 0 amide bonds. The molecule has 1 aromatic carbocycles. The quantitative estimate of drug-likeness (QED) is 0.611. The van der Waals surface area contributed by atoms with Crippen molar-refractivity contribution < 1.29 is 14.3 Å². The van der Waals surface area contributed by atoms with Gasteiger partial charge in [-0.3, -0.25) is 4.79 Å². The first-order valence-electron chi connectivity index (χ1n) is 7.28. The normalized spacial score (nSPS) is 25.4. The van der Waals surface area contributed by atoms with Crippen LogP contribution in [0.5, 0.6) is 0 Å². The fourth-order valence-corrected chi connectivity index (χ4v) is 2.48. The molecule has 0 radical (unpaired) electrons. The summed E-state index contributed by atoms with van der Waals surface area (Å²) in [7, 11) is 0. The zero-order valence-electron chi connectivity index (χ0n) is 12.6. The van der Waals surface area contributed by atoms with Crippen LogP contribution in [-0.2, 0) is 14.3 Å². The van der Waals surface area contributed by atoms with Crippen molar-refractivity contribution in [1.82, 2.24) is 0 Å². The van der Waals surface area contributed by atoms with Crippen LogP contribution in [-0.4, -0.2) is 24.3 Å². The van der Waals surface area contributed by atoms with Crippen LogP contribution in [0.3, 0.4) is 0 Å². The number of rotatable bonds is 5. The highest BCUT2D eigenvalue weighted by atomic mass is 16.7. The molecule has 2 atom stereocenters. The lowest BCUT2D eigenvalue weighted by molar-refractivity contribution is -0.289. The number of hydrogen-bond donors (Lipinski definition) is 0. The second-order valence-corrected chi connectivity index (χ2v) is 5.60. The van der Waals surface area contributed by atoms with Gasteiger partial charge in [0, 0.05) is 6.42 Å². The third kappa shape index (κ3) is 5.29. The SMILES string of the molecule is CC1(C)O[C@@H](C/C=C/C=O)C[C@H](/C=C/c2ccccc2)O1. The number of carbonyl (C=O) groups is 1. The Bertz CT molecular complexity index is 502. The summed E-state index contributed by atoms with van der Waals surface area (Å²) in [4.78, 5) is 10.3. The fraction of sp³-hybridized carbons (Fsp3) is 0.389. The van der Waals surface area contributed by atoms with Gasteiger partial charge in [0.2, 0.25) is 0 Å². The molecule has 112 valence electrons. The highest BCUT2D eigenvalue weighted by Gasteiger charge is 2.33. The summed E-state index contributed by atoms with van der Waals surface area (Å²) >= 11 is 0. The monoisotopic (exact) mass is 286 g/mol. The number of hydrogen-bond acceptors (Lipinski definition) is 3. The molecule has 1 aliphatic rings. The molecule has 0 saturated carbocycles. The van der Waals surface area contributed by atoms with Crippen LogP contribution in [0.15, 0.2) is 48.6 Å². The molecule has 3 nitrogen and oxygen atoms in total. The van der Waals surface area contributed by atoms with Crippen LogP contribution in [0.25, 0.3) is 6.08 Å². The van der Waals surface area contributed by atoms with Gasteiger partial charge in [0.15, 0.2) is 5.79 Å². The Hall–Kier alpha value is -1.71. The summed E-state index contributed by atoms with van der Waals surface area (Å²) in [5.41, 5.74) is 1.16. The zero-order chi connectivity index (χ0) is 15.1. The predicted octanol–water partition coefficient (Wildman–Crippen LogP) is 3.76. The van der Waals surface area contributed by atoms with Crippen LogP contribution in [0, 0.1) is 0 Å². The van der Waals surface area contributed by atoms with Crippen molar-refractivity contribution in [2.45, 2.75) is 44.7 Å². The molecular formula is C18H22O3. The molecule has 3 heteroatoms. The van der Waals surface area contributed by atoms with E-state index in [0.717, 1.165) is 24.7 Å². The van der Waals surface area contributed by atoms with Gasteiger partial charge in [0.05, 0.1) is 12.2 Å². The highest BCUT2D eigenvalue weighted by molar-refractivity contribution is 5.64. The predicted molar refractivity (Wildman–Crippen MR) is 83.7 cm³/mol. The largest absolute Gasteiger partial charge is 0.347 e. The smallest absolute Gasteiger partial charge is 0.163 e. The van der Waals surface area contributed by atoms with Gasteiger partial charge in [-0.15, -0.1) is 0 Å². The van der Waals surface area contributed by atoms with Gasteiger partial charge < -0.3 is 9.47 Å². The highest BCUT2D eigenvalue weighted by Crippen LogP contribution is 2.29. The Labute approximate surface area is 126 Å². The molecule has 1 fully saturated rings. The molecular weight excluding hydrogens is 264 g/mol. The van der Waals surface area contributed by atoms with Crippen molar-refractivity contribution >= 4 is 12.4 Å². The van der Waals surface area contributed by atoms with E-state index in [0.29, 0.717) is 0 Å². The van der Waals surface area contributed by atoms with Crippen molar-refractivity contribution in [1.29, 1.82) is 0 Å². The van der Waals surface area contributed by atoms with Crippen molar-refractivity contribution in [2.24, 2.45) is 0 Å². The van der Waals surface area contributed by atoms with Crippen molar-refractivity contribution in [2.75, 3.05) is 0 Å². The van der Waals surface area contributed by atoms with Gasteiger partial charge in [-0.2, -0.15) is 0 Å². The van der Waals surface area contributed by atoms with Crippen molar-refractivity contribution in [3.8, 4) is 0 Å². The van der Waals surface area contributed by atoms with E-state index in [2.05, 4.69) is 24.3 Å². The number of allylic oxidation sites excluding steroid dienone is 1. The number of aldehydes is 1. The minimum absolute atomic E-state index is 0.0172. The average molecular weight is 286 g/mol. The molecule has 21 heavy (non-hydrogen) atoms. The molecule has 1 heterocycles. The molecule has 0 N–H and O–H groups in total. The molecule has 1 aliphatic heterocycles. The van der Waals surface area contributed by atoms with Crippen LogP contribution in [0.1, 0.15) is 32.3 Å². The van der Waals surface area contributed by atoms with Gasteiger partial charge in [-0.05, 0) is 31.9 Å². The standard InChI is InChI=1S/C18H22O3/c1-18(2)20-16(10-6-7-13-19)14-17(21-18)12-11-15-8-4-3-5-9-15/h3-9,11-13,16-17H,10,14H2,1-2H3/b7-6+,12-11+/t16-,17-/m0/s1. The summed E-state index contributed by atoms with van der Waals surface area (Å²) in [5.74, 6) is -0.608. The van der Waals surface area contributed by atoms with E-state index in [1.54, 1.807) is 0 Å². The van der Waals surface area contributed by atoms with Crippen LogP contribution >= 0.6 is 0 Å². The fourth-order valence-electron chi connectivity index (χ4n) is 2.48. The van der Waals surface area contributed by atoms with Crippen LogP contribution in [0.4, 0.5) is 0 Å². The van der Waals surface area contributed by atoms with E-state index in [9.17, 15) is 4.79 Å². The first kappa shape index (κ1) is 15.7. The summed E-state index contributed by atoms with van der Waals surface area (Å²) in [6, 6.07) is 10.2. The van der Waals surface area contributed by atoms with Crippen LogP contribution < -0.4 is 0 Å². The Balaban J connectivity index is 2.00. The zero-order valence-corrected chi connectivity index (χ0v) is 12.6. The van der Waals surface area contributed by atoms with Gasteiger partial charge in [0.1, 0.15) is 6.29 Å². The van der Waals surface area contributed by atoms with E-state index in [1.807, 2.05) is 38.1 Å². The van der Waals surface area contributed by atoms with Gasteiger partial charge in [-0.1, -0.05) is 48.6 Å². The Morgan fingerprint density at radius 1 is 1.24 bits per heavy atom. The van der Waals surface area contributed by atoms with Crippen molar-refractivity contribution in [3.63, 3.8) is 0 Å². The third-order valence-electron chi connectivity index (χ3n) is 3.30. The first-order valence-corrected chi connectivity index (χ1v) is 7.28. The lowest BCUT2D eigenvalue weighted by Gasteiger charge is -2.39. The van der Waals surface area contributed by atoms with E-state index in [1.165, 1.54) is 6.08 Å². The second-order valence-electron chi connectivity index (χ2n) is 5.60. The van der Waals surface area contributed by atoms with E-state index >= 15 is 0 Å². The maximum Gasteiger partial charge on any atom is 0.163 e. The minimum Gasteiger partial charge on any atom is -0.347 e. The van der Waals surface area contributed by atoms with E-state index in [4.69, 9.17) is 9.47 Å². The second kappa shape index (κ2) is 7.34. The average Bonchev–Trinajstić information content (AvgIpc) is 2.45. The van der Waals surface area contributed by atoms with Crippen LogP contribution in [0.2, 0.25) is 0 Å². The molecule has 0 unspecified atom stereocenters. The molecule has 1 aromatic rings. The Kier molecular flexibility index (Phi) is 5.48. The molecule has 2 rings (SSSR count). The molecule has 0 bridgehead atoms. The van der Waals surface area contributed by atoms with Gasteiger partial charge >= 0.3 is 0 Å². The topological polar surface area (TPSA) is 35.5 Å². The molecule has 0 aliphatic carbocycles. The minimum atomic E-state index is -0.608.